The molecule has 1 aromatic heterocycles. The van der Waals surface area contributed by atoms with Crippen molar-refractivity contribution in [1.29, 1.82) is 0 Å². The van der Waals surface area contributed by atoms with Gasteiger partial charge in [0, 0.05) is 21.0 Å². The Morgan fingerprint density at radius 1 is 0.955 bits per heavy atom. The lowest BCUT2D eigenvalue weighted by Gasteiger charge is -2.05. The molecular weight excluding hydrogens is 288 g/mol. The first kappa shape index (κ1) is 15.0. The maximum Gasteiger partial charge on any atom is 0.188 e. The Labute approximate surface area is 135 Å². The van der Waals surface area contributed by atoms with Gasteiger partial charge in [-0.3, -0.25) is 4.79 Å². The lowest BCUT2D eigenvalue weighted by atomic mass is 10.0. The van der Waals surface area contributed by atoms with Gasteiger partial charge in [0.15, 0.2) is 5.43 Å². The average molecular weight is 308 g/mol. The molecule has 0 unspecified atom stereocenters. The summed E-state index contributed by atoms with van der Waals surface area (Å²) in [7, 11) is 0. The fraction of sp³-hybridized carbons (Fsp3) is 0.250. The van der Waals surface area contributed by atoms with Gasteiger partial charge >= 0.3 is 0 Å². The van der Waals surface area contributed by atoms with Crippen LogP contribution in [0.25, 0.3) is 20.5 Å². The third-order valence-electron chi connectivity index (χ3n) is 3.94. The van der Waals surface area contributed by atoms with E-state index in [1.54, 1.807) is 17.4 Å². The minimum absolute atomic E-state index is 0.108. The van der Waals surface area contributed by atoms with E-state index in [1.165, 1.54) is 24.8 Å². The smallest absolute Gasteiger partial charge is 0.188 e. The number of unbranched alkanes of at least 4 members (excludes halogenated alkanes) is 2. The summed E-state index contributed by atoms with van der Waals surface area (Å²) < 4.78 is 1.05. The van der Waals surface area contributed by atoms with Gasteiger partial charge in [-0.1, -0.05) is 56.2 Å². The fourth-order valence-electron chi connectivity index (χ4n) is 2.66. The van der Waals surface area contributed by atoms with Gasteiger partial charge in [-0.25, -0.2) is 0 Å². The Kier molecular flexibility index (Phi) is 4.69. The van der Waals surface area contributed by atoms with Crippen molar-refractivity contribution in [3.63, 3.8) is 0 Å². The summed E-state index contributed by atoms with van der Waals surface area (Å²) in [4.78, 5) is 13.3. The van der Waals surface area contributed by atoms with Crippen molar-refractivity contribution >= 4 is 21.4 Å². The zero-order valence-corrected chi connectivity index (χ0v) is 13.7. The van der Waals surface area contributed by atoms with Crippen LogP contribution in [-0.2, 0) is 6.42 Å². The first-order valence-electron chi connectivity index (χ1n) is 7.90. The van der Waals surface area contributed by atoms with Crippen molar-refractivity contribution in [3.8, 4) is 10.4 Å². The highest BCUT2D eigenvalue weighted by molar-refractivity contribution is 7.21. The topological polar surface area (TPSA) is 17.1 Å². The highest BCUT2D eigenvalue weighted by atomic mass is 32.1. The molecule has 2 aromatic carbocycles. The molecular formula is C20H20OS. The van der Waals surface area contributed by atoms with Gasteiger partial charge in [-0.05, 0) is 36.1 Å². The molecule has 3 rings (SSSR count). The van der Waals surface area contributed by atoms with Crippen LogP contribution < -0.4 is 5.43 Å². The van der Waals surface area contributed by atoms with Crippen LogP contribution in [0.2, 0.25) is 0 Å². The minimum Gasteiger partial charge on any atom is -0.289 e. The molecule has 1 heterocycles. The second-order valence-electron chi connectivity index (χ2n) is 5.63. The monoisotopic (exact) mass is 308 g/mol. The molecule has 0 saturated carbocycles. The molecule has 1 nitrogen and oxygen atoms in total. The molecule has 3 aromatic rings. The Bertz CT molecular complexity index is 815. The molecule has 0 aliphatic carbocycles. The molecule has 2 heteroatoms. The Hall–Kier alpha value is -1.93. The summed E-state index contributed by atoms with van der Waals surface area (Å²) in [6, 6.07) is 18.2. The highest BCUT2D eigenvalue weighted by Crippen LogP contribution is 2.28. The van der Waals surface area contributed by atoms with Crippen LogP contribution in [0.1, 0.15) is 31.7 Å². The van der Waals surface area contributed by atoms with E-state index in [4.69, 9.17) is 0 Å². The SMILES string of the molecule is CCCCCc1ccc(-c2cc(=O)c3ccccc3s2)cc1. The highest BCUT2D eigenvalue weighted by Gasteiger charge is 2.05. The van der Waals surface area contributed by atoms with Crippen molar-refractivity contribution in [3.05, 3.63) is 70.4 Å². The molecule has 0 amide bonds. The van der Waals surface area contributed by atoms with Gasteiger partial charge in [0.2, 0.25) is 0 Å². The molecule has 0 spiro atoms. The van der Waals surface area contributed by atoms with E-state index in [2.05, 4.69) is 31.2 Å². The summed E-state index contributed by atoms with van der Waals surface area (Å²) in [5.41, 5.74) is 2.62. The quantitative estimate of drug-likeness (QED) is 0.556. The molecule has 22 heavy (non-hydrogen) atoms. The van der Waals surface area contributed by atoms with Gasteiger partial charge in [0.05, 0.1) is 0 Å². The van der Waals surface area contributed by atoms with Crippen LogP contribution >= 0.6 is 11.3 Å². The second kappa shape index (κ2) is 6.89. The van der Waals surface area contributed by atoms with E-state index in [-0.39, 0.29) is 5.43 Å². The fourth-order valence-corrected chi connectivity index (χ4v) is 3.74. The largest absolute Gasteiger partial charge is 0.289 e. The Morgan fingerprint density at radius 2 is 1.73 bits per heavy atom. The standard InChI is InChI=1S/C20H20OS/c1-2-3-4-7-15-10-12-16(13-11-15)20-14-18(21)17-8-5-6-9-19(17)22-20/h5-6,8-14H,2-4,7H2,1H3. The summed E-state index contributed by atoms with van der Waals surface area (Å²) >= 11 is 1.68. The molecule has 0 aliphatic heterocycles. The number of rotatable bonds is 5. The molecule has 0 aliphatic rings. The normalized spacial score (nSPS) is 11.0. The van der Waals surface area contributed by atoms with Gasteiger partial charge < -0.3 is 0 Å². The zero-order chi connectivity index (χ0) is 15.4. The third-order valence-corrected chi connectivity index (χ3v) is 5.09. The van der Waals surface area contributed by atoms with E-state index in [0.29, 0.717) is 0 Å². The van der Waals surface area contributed by atoms with Crippen molar-refractivity contribution < 1.29 is 0 Å². The van der Waals surface area contributed by atoms with E-state index < -0.39 is 0 Å². The van der Waals surface area contributed by atoms with Crippen LogP contribution in [0.15, 0.2) is 59.4 Å². The number of hydrogen-bond donors (Lipinski definition) is 0. The molecule has 0 atom stereocenters. The molecule has 0 bridgehead atoms. The molecule has 112 valence electrons. The van der Waals surface area contributed by atoms with Crippen LogP contribution in [0.3, 0.4) is 0 Å². The van der Waals surface area contributed by atoms with E-state index in [9.17, 15) is 4.79 Å². The van der Waals surface area contributed by atoms with Gasteiger partial charge in [0.1, 0.15) is 0 Å². The molecule has 0 saturated heterocycles. The van der Waals surface area contributed by atoms with Crippen LogP contribution in [0, 0.1) is 0 Å². The first-order chi connectivity index (χ1) is 10.8. The van der Waals surface area contributed by atoms with Crippen LogP contribution in [-0.4, -0.2) is 0 Å². The number of hydrogen-bond acceptors (Lipinski definition) is 2. The van der Waals surface area contributed by atoms with E-state index >= 15 is 0 Å². The van der Waals surface area contributed by atoms with Crippen molar-refractivity contribution in [2.75, 3.05) is 0 Å². The van der Waals surface area contributed by atoms with E-state index in [1.807, 2.05) is 24.3 Å². The number of aryl methyl sites for hydroxylation is 1. The van der Waals surface area contributed by atoms with Gasteiger partial charge in [-0.2, -0.15) is 0 Å². The Balaban J connectivity index is 1.89. The summed E-state index contributed by atoms with van der Waals surface area (Å²) in [6.07, 6.45) is 4.93. The molecule has 0 N–H and O–H groups in total. The predicted octanol–water partition coefficient (Wildman–Crippen LogP) is 5.66. The number of fused-ring (bicyclic) bond motifs is 1. The van der Waals surface area contributed by atoms with Crippen LogP contribution in [0.4, 0.5) is 0 Å². The van der Waals surface area contributed by atoms with Gasteiger partial charge in [-0.15, -0.1) is 11.3 Å². The second-order valence-corrected chi connectivity index (χ2v) is 6.71. The first-order valence-corrected chi connectivity index (χ1v) is 8.72. The third kappa shape index (κ3) is 3.28. The summed E-state index contributed by atoms with van der Waals surface area (Å²) in [6.45, 7) is 2.23. The number of benzene rings is 2. The average Bonchev–Trinajstić information content (AvgIpc) is 2.56. The van der Waals surface area contributed by atoms with Crippen molar-refractivity contribution in [2.45, 2.75) is 32.6 Å². The Morgan fingerprint density at radius 3 is 2.50 bits per heavy atom. The molecule has 0 fully saturated rings. The lowest BCUT2D eigenvalue weighted by molar-refractivity contribution is 0.717. The lowest BCUT2D eigenvalue weighted by Crippen LogP contribution is -1.98. The van der Waals surface area contributed by atoms with Crippen molar-refractivity contribution in [1.82, 2.24) is 0 Å². The maximum absolute atomic E-state index is 12.2. The summed E-state index contributed by atoms with van der Waals surface area (Å²) in [5.74, 6) is 0. The van der Waals surface area contributed by atoms with E-state index in [0.717, 1.165) is 26.9 Å². The maximum atomic E-state index is 12.2. The summed E-state index contributed by atoms with van der Waals surface area (Å²) in [5, 5.41) is 0.812. The van der Waals surface area contributed by atoms with Gasteiger partial charge in [0.25, 0.3) is 0 Å². The zero-order valence-electron chi connectivity index (χ0n) is 12.8. The minimum atomic E-state index is 0.108. The molecule has 0 radical (unpaired) electrons. The predicted molar refractivity (Wildman–Crippen MR) is 96.8 cm³/mol. The van der Waals surface area contributed by atoms with Crippen molar-refractivity contribution in [2.24, 2.45) is 0 Å². The van der Waals surface area contributed by atoms with Crippen LogP contribution in [0.5, 0.6) is 0 Å².